The number of carboxylic acids is 1. The summed E-state index contributed by atoms with van der Waals surface area (Å²) in [7, 11) is 0. The van der Waals surface area contributed by atoms with Crippen LogP contribution in [0.5, 0.6) is 0 Å². The molecule has 1 aromatic rings. The van der Waals surface area contributed by atoms with Crippen LogP contribution in [-0.2, 0) is 4.79 Å². The largest absolute Gasteiger partial charge is 0.480 e. The van der Waals surface area contributed by atoms with Gasteiger partial charge in [-0.3, -0.25) is 9.69 Å². The van der Waals surface area contributed by atoms with Crippen molar-refractivity contribution < 1.29 is 14.3 Å². The Balaban J connectivity index is 2.01. The van der Waals surface area contributed by atoms with Crippen molar-refractivity contribution in [3.63, 3.8) is 0 Å². The number of carboxylic acid groups (broad SMARTS) is 1. The summed E-state index contributed by atoms with van der Waals surface area (Å²) >= 11 is 0. The number of hydrogen-bond donors (Lipinski definition) is 2. The van der Waals surface area contributed by atoms with Crippen LogP contribution in [0.15, 0.2) is 22.8 Å². The molecule has 1 aromatic heterocycles. The molecule has 88 valence electrons. The van der Waals surface area contributed by atoms with E-state index in [0.29, 0.717) is 13.1 Å². The molecule has 2 N–H and O–H groups in total. The predicted octanol–water partition coefficient (Wildman–Crippen LogP) is 0.699. The second kappa shape index (κ2) is 4.67. The van der Waals surface area contributed by atoms with Gasteiger partial charge < -0.3 is 14.8 Å². The first-order valence-corrected chi connectivity index (χ1v) is 5.42. The van der Waals surface area contributed by atoms with Crippen molar-refractivity contribution in [2.75, 3.05) is 19.6 Å². The average molecular weight is 224 g/mol. The van der Waals surface area contributed by atoms with Gasteiger partial charge in [0, 0.05) is 19.6 Å². The molecular formula is C11H16N2O3. The summed E-state index contributed by atoms with van der Waals surface area (Å²) in [4.78, 5) is 13.0. The first-order valence-electron chi connectivity index (χ1n) is 5.42. The van der Waals surface area contributed by atoms with Gasteiger partial charge in [-0.15, -0.1) is 0 Å². The maximum Gasteiger partial charge on any atom is 0.322 e. The maximum absolute atomic E-state index is 10.9. The summed E-state index contributed by atoms with van der Waals surface area (Å²) < 4.78 is 5.33. The van der Waals surface area contributed by atoms with Crippen molar-refractivity contribution in [3.05, 3.63) is 24.2 Å². The van der Waals surface area contributed by atoms with E-state index in [2.05, 4.69) is 10.2 Å². The molecule has 0 spiro atoms. The third-order valence-electron chi connectivity index (χ3n) is 3.01. The van der Waals surface area contributed by atoms with Crippen molar-refractivity contribution in [2.24, 2.45) is 0 Å². The third-order valence-corrected chi connectivity index (χ3v) is 3.01. The topological polar surface area (TPSA) is 65.7 Å². The Kier molecular flexibility index (Phi) is 3.26. The molecule has 0 aromatic carbocycles. The molecule has 5 nitrogen and oxygen atoms in total. The zero-order chi connectivity index (χ0) is 11.5. The maximum atomic E-state index is 10.9. The molecule has 2 rings (SSSR count). The van der Waals surface area contributed by atoms with Crippen LogP contribution in [0.3, 0.4) is 0 Å². The van der Waals surface area contributed by atoms with Crippen molar-refractivity contribution in [3.8, 4) is 0 Å². The zero-order valence-electron chi connectivity index (χ0n) is 9.22. The van der Waals surface area contributed by atoms with Crippen LogP contribution < -0.4 is 5.32 Å². The van der Waals surface area contributed by atoms with Gasteiger partial charge in [0.25, 0.3) is 0 Å². The summed E-state index contributed by atoms with van der Waals surface area (Å²) in [5.74, 6) is 0.0855. The monoisotopic (exact) mass is 224 g/mol. The van der Waals surface area contributed by atoms with E-state index in [0.717, 1.165) is 12.3 Å². The number of furan rings is 1. The Morgan fingerprint density at radius 3 is 3.19 bits per heavy atom. The Morgan fingerprint density at radius 2 is 2.56 bits per heavy atom. The van der Waals surface area contributed by atoms with Gasteiger partial charge in [-0.1, -0.05) is 0 Å². The number of aliphatic carboxylic acids is 1. The van der Waals surface area contributed by atoms with Crippen LogP contribution in [0.1, 0.15) is 18.7 Å². The molecule has 0 unspecified atom stereocenters. The minimum absolute atomic E-state index is 0.124. The van der Waals surface area contributed by atoms with Gasteiger partial charge >= 0.3 is 5.97 Å². The van der Waals surface area contributed by atoms with E-state index in [1.165, 1.54) is 0 Å². The minimum atomic E-state index is -0.795. The van der Waals surface area contributed by atoms with Gasteiger partial charge in [0.15, 0.2) is 0 Å². The fraction of sp³-hybridized carbons (Fsp3) is 0.545. The predicted molar refractivity (Wildman–Crippen MR) is 58.1 cm³/mol. The normalized spacial score (nSPS) is 24.2. The van der Waals surface area contributed by atoms with Crippen LogP contribution in [0.2, 0.25) is 0 Å². The van der Waals surface area contributed by atoms with E-state index < -0.39 is 12.0 Å². The second-order valence-corrected chi connectivity index (χ2v) is 4.03. The quantitative estimate of drug-likeness (QED) is 0.791. The lowest BCUT2D eigenvalue weighted by Crippen LogP contribution is -2.54. The number of carbonyl (C=O) groups is 1. The number of nitrogens with zero attached hydrogens (tertiary/aromatic N) is 1. The summed E-state index contributed by atoms with van der Waals surface area (Å²) in [6.07, 6.45) is 1.64. The molecule has 16 heavy (non-hydrogen) atoms. The zero-order valence-corrected chi connectivity index (χ0v) is 9.22. The number of piperazine rings is 1. The van der Waals surface area contributed by atoms with Crippen molar-refractivity contribution in [1.29, 1.82) is 0 Å². The highest BCUT2D eigenvalue weighted by atomic mass is 16.4. The van der Waals surface area contributed by atoms with Crippen LogP contribution in [-0.4, -0.2) is 41.7 Å². The summed E-state index contributed by atoms with van der Waals surface area (Å²) in [6.45, 7) is 4.08. The molecule has 0 amide bonds. The molecule has 1 fully saturated rings. The van der Waals surface area contributed by atoms with E-state index in [9.17, 15) is 4.79 Å². The van der Waals surface area contributed by atoms with Crippen LogP contribution in [0, 0.1) is 0 Å². The third kappa shape index (κ3) is 2.25. The smallest absolute Gasteiger partial charge is 0.322 e. The first kappa shape index (κ1) is 11.2. The van der Waals surface area contributed by atoms with E-state index in [1.807, 2.05) is 19.1 Å². The Morgan fingerprint density at radius 1 is 1.75 bits per heavy atom. The van der Waals surface area contributed by atoms with Gasteiger partial charge in [0.1, 0.15) is 11.8 Å². The van der Waals surface area contributed by atoms with Crippen molar-refractivity contribution >= 4 is 5.97 Å². The van der Waals surface area contributed by atoms with Gasteiger partial charge in [-0.05, 0) is 19.1 Å². The van der Waals surface area contributed by atoms with Crippen LogP contribution in [0.25, 0.3) is 0 Å². The molecule has 5 heteroatoms. The molecule has 2 heterocycles. The fourth-order valence-electron chi connectivity index (χ4n) is 2.00. The number of rotatable bonds is 3. The molecule has 1 aliphatic heterocycles. The van der Waals surface area contributed by atoms with Crippen LogP contribution in [0.4, 0.5) is 0 Å². The van der Waals surface area contributed by atoms with Crippen molar-refractivity contribution in [2.45, 2.75) is 19.0 Å². The summed E-state index contributed by atoms with van der Waals surface area (Å²) in [5.41, 5.74) is 0. The average Bonchev–Trinajstić information content (AvgIpc) is 2.81. The van der Waals surface area contributed by atoms with Gasteiger partial charge in [-0.2, -0.15) is 0 Å². The molecule has 2 atom stereocenters. The lowest BCUT2D eigenvalue weighted by Gasteiger charge is -2.34. The molecule has 0 aliphatic carbocycles. The van der Waals surface area contributed by atoms with Gasteiger partial charge in [-0.25, -0.2) is 0 Å². The molecule has 1 aliphatic rings. The molecule has 1 saturated heterocycles. The van der Waals surface area contributed by atoms with E-state index in [4.69, 9.17) is 9.52 Å². The SMILES string of the molecule is C[C@@H](c1ccco1)N1CCN[C@H](C(=O)O)C1. The summed E-state index contributed by atoms with van der Waals surface area (Å²) in [5, 5.41) is 11.9. The van der Waals surface area contributed by atoms with Crippen LogP contribution >= 0.6 is 0 Å². The van der Waals surface area contributed by atoms with E-state index >= 15 is 0 Å². The highest BCUT2D eigenvalue weighted by Gasteiger charge is 2.28. The highest BCUT2D eigenvalue weighted by molar-refractivity contribution is 5.73. The molecular weight excluding hydrogens is 208 g/mol. The number of nitrogens with one attached hydrogen (secondary N) is 1. The molecule has 0 radical (unpaired) electrons. The molecule has 0 saturated carbocycles. The Labute approximate surface area is 94.0 Å². The van der Waals surface area contributed by atoms with E-state index in [1.54, 1.807) is 6.26 Å². The minimum Gasteiger partial charge on any atom is -0.480 e. The fourth-order valence-corrected chi connectivity index (χ4v) is 2.00. The Bertz CT molecular complexity index is 350. The lowest BCUT2D eigenvalue weighted by molar-refractivity contribution is -0.141. The molecule has 0 bridgehead atoms. The Hall–Kier alpha value is -1.33. The van der Waals surface area contributed by atoms with Crippen molar-refractivity contribution in [1.82, 2.24) is 10.2 Å². The standard InChI is InChI=1S/C11H16N2O3/c1-8(10-3-2-6-16-10)13-5-4-12-9(7-13)11(14)15/h2-3,6,8-9,12H,4-5,7H2,1H3,(H,14,15)/t8-,9-/m0/s1. The number of hydrogen-bond acceptors (Lipinski definition) is 4. The second-order valence-electron chi connectivity index (χ2n) is 4.03. The summed E-state index contributed by atoms with van der Waals surface area (Å²) in [6, 6.07) is 3.41. The first-order chi connectivity index (χ1) is 7.68. The lowest BCUT2D eigenvalue weighted by atomic mass is 10.1. The highest BCUT2D eigenvalue weighted by Crippen LogP contribution is 2.21. The van der Waals surface area contributed by atoms with E-state index in [-0.39, 0.29) is 6.04 Å². The van der Waals surface area contributed by atoms with Gasteiger partial charge in [0.05, 0.1) is 12.3 Å². The van der Waals surface area contributed by atoms with Gasteiger partial charge in [0.2, 0.25) is 0 Å².